The maximum absolute atomic E-state index is 13.5. The number of hydrogen-bond acceptors (Lipinski definition) is 2. The van der Waals surface area contributed by atoms with E-state index in [-0.39, 0.29) is 11.9 Å². The fourth-order valence-corrected chi connectivity index (χ4v) is 2.43. The molecule has 2 aromatic rings. The molecule has 0 radical (unpaired) electrons. The number of H-pyrrole nitrogens is 1. The average molecular weight is 246 g/mol. The molecule has 1 aliphatic rings. The van der Waals surface area contributed by atoms with Gasteiger partial charge in [-0.1, -0.05) is 18.2 Å². The first-order valence-corrected chi connectivity index (χ1v) is 6.20. The molecule has 1 aliphatic carbocycles. The number of benzene rings is 1. The molecule has 0 bridgehead atoms. The molecule has 0 saturated carbocycles. The molecule has 2 N–H and O–H groups in total. The summed E-state index contributed by atoms with van der Waals surface area (Å²) in [5, 5.41) is 9.59. The highest BCUT2D eigenvalue weighted by Crippen LogP contribution is 2.20. The number of aliphatic hydroxyl groups is 1. The summed E-state index contributed by atoms with van der Waals surface area (Å²) in [7, 11) is 0. The third-order valence-corrected chi connectivity index (χ3v) is 3.38. The van der Waals surface area contributed by atoms with Crippen molar-refractivity contribution >= 4 is 0 Å². The van der Waals surface area contributed by atoms with E-state index in [9.17, 15) is 9.50 Å². The van der Waals surface area contributed by atoms with Gasteiger partial charge in [-0.25, -0.2) is 9.37 Å². The van der Waals surface area contributed by atoms with Crippen molar-refractivity contribution in [2.75, 3.05) is 0 Å². The topological polar surface area (TPSA) is 48.9 Å². The predicted octanol–water partition coefficient (Wildman–Crippen LogP) is 1.99. The predicted molar refractivity (Wildman–Crippen MR) is 65.8 cm³/mol. The Labute approximate surface area is 105 Å². The smallest absolute Gasteiger partial charge is 0.126 e. The molecule has 0 spiro atoms. The van der Waals surface area contributed by atoms with E-state index in [1.165, 1.54) is 6.07 Å². The lowest BCUT2D eigenvalue weighted by Gasteiger charge is -2.14. The quantitative estimate of drug-likeness (QED) is 0.851. The zero-order valence-corrected chi connectivity index (χ0v) is 9.99. The third-order valence-electron chi connectivity index (χ3n) is 3.38. The molecular formula is C14H15FN2O. The molecule has 1 heterocycles. The van der Waals surface area contributed by atoms with Crippen molar-refractivity contribution in [3.05, 3.63) is 52.9 Å². The Bertz CT molecular complexity index is 565. The van der Waals surface area contributed by atoms with Crippen molar-refractivity contribution < 1.29 is 9.50 Å². The van der Waals surface area contributed by atoms with Gasteiger partial charge in [0, 0.05) is 18.5 Å². The molecule has 18 heavy (non-hydrogen) atoms. The van der Waals surface area contributed by atoms with Crippen LogP contribution in [0.2, 0.25) is 0 Å². The largest absolute Gasteiger partial charge is 0.393 e. The van der Waals surface area contributed by atoms with Gasteiger partial charge in [-0.05, 0) is 24.5 Å². The number of aromatic amines is 1. The van der Waals surface area contributed by atoms with E-state index >= 15 is 0 Å². The second kappa shape index (κ2) is 4.53. The molecule has 3 nitrogen and oxygen atoms in total. The second-order valence-electron chi connectivity index (χ2n) is 4.77. The van der Waals surface area contributed by atoms with Gasteiger partial charge in [0.25, 0.3) is 0 Å². The number of hydrogen-bond donors (Lipinski definition) is 2. The van der Waals surface area contributed by atoms with Crippen LogP contribution >= 0.6 is 0 Å². The molecule has 1 aromatic heterocycles. The number of aryl methyl sites for hydroxylation is 1. The Balaban J connectivity index is 1.84. The third kappa shape index (κ3) is 2.16. The number of aromatic nitrogens is 2. The zero-order chi connectivity index (χ0) is 12.5. The van der Waals surface area contributed by atoms with Gasteiger partial charge in [0.15, 0.2) is 0 Å². The van der Waals surface area contributed by atoms with Crippen molar-refractivity contribution in [1.82, 2.24) is 9.97 Å². The maximum Gasteiger partial charge on any atom is 0.126 e. The van der Waals surface area contributed by atoms with E-state index in [2.05, 4.69) is 9.97 Å². The highest BCUT2D eigenvalue weighted by atomic mass is 19.1. The Morgan fingerprint density at radius 3 is 3.06 bits per heavy atom. The Morgan fingerprint density at radius 1 is 1.39 bits per heavy atom. The summed E-state index contributed by atoms with van der Waals surface area (Å²) in [6.45, 7) is 0. The lowest BCUT2D eigenvalue weighted by molar-refractivity contribution is 0.157. The van der Waals surface area contributed by atoms with Gasteiger partial charge in [-0.2, -0.15) is 0 Å². The standard InChI is InChI=1S/C14H15FN2O/c15-11-4-2-1-3-9(11)7-14-16-12-6-5-10(18)8-13(12)17-14/h1-4,10,18H,5-8H2,(H,16,17). The number of fused-ring (bicyclic) bond motifs is 1. The van der Waals surface area contributed by atoms with Crippen LogP contribution in [0.4, 0.5) is 4.39 Å². The first-order valence-electron chi connectivity index (χ1n) is 6.20. The van der Waals surface area contributed by atoms with E-state index in [0.29, 0.717) is 18.4 Å². The fraction of sp³-hybridized carbons (Fsp3) is 0.357. The van der Waals surface area contributed by atoms with Crippen LogP contribution in [0.5, 0.6) is 0 Å². The van der Waals surface area contributed by atoms with Crippen molar-refractivity contribution in [2.24, 2.45) is 0 Å². The van der Waals surface area contributed by atoms with Crippen molar-refractivity contribution in [2.45, 2.75) is 31.8 Å². The Morgan fingerprint density at radius 2 is 2.22 bits per heavy atom. The molecule has 0 aliphatic heterocycles. The highest BCUT2D eigenvalue weighted by Gasteiger charge is 2.20. The van der Waals surface area contributed by atoms with Crippen LogP contribution in [-0.4, -0.2) is 21.2 Å². The van der Waals surface area contributed by atoms with Crippen molar-refractivity contribution in [1.29, 1.82) is 0 Å². The van der Waals surface area contributed by atoms with E-state index in [4.69, 9.17) is 0 Å². The van der Waals surface area contributed by atoms with E-state index in [1.54, 1.807) is 12.1 Å². The SMILES string of the molecule is OC1CCc2nc(Cc3ccccc3F)[nH]c2C1. The summed E-state index contributed by atoms with van der Waals surface area (Å²) in [6.07, 6.45) is 2.37. The monoisotopic (exact) mass is 246 g/mol. The van der Waals surface area contributed by atoms with Crippen LogP contribution in [0.3, 0.4) is 0 Å². The molecule has 1 aromatic carbocycles. The molecule has 1 atom stereocenters. The lowest BCUT2D eigenvalue weighted by atomic mass is 9.99. The van der Waals surface area contributed by atoms with Crippen LogP contribution in [0.25, 0.3) is 0 Å². The number of rotatable bonds is 2. The Hall–Kier alpha value is -1.68. The van der Waals surface area contributed by atoms with Gasteiger partial charge < -0.3 is 10.1 Å². The van der Waals surface area contributed by atoms with Crippen LogP contribution in [0.15, 0.2) is 24.3 Å². The Kier molecular flexibility index (Phi) is 2.88. The van der Waals surface area contributed by atoms with Crippen LogP contribution in [-0.2, 0) is 19.3 Å². The molecule has 0 amide bonds. The van der Waals surface area contributed by atoms with Gasteiger partial charge >= 0.3 is 0 Å². The molecule has 3 rings (SSSR count). The van der Waals surface area contributed by atoms with Gasteiger partial charge in [0.05, 0.1) is 11.8 Å². The van der Waals surface area contributed by atoms with E-state index < -0.39 is 0 Å². The van der Waals surface area contributed by atoms with E-state index in [0.717, 1.165) is 30.1 Å². The van der Waals surface area contributed by atoms with Gasteiger partial charge in [-0.3, -0.25) is 0 Å². The molecular weight excluding hydrogens is 231 g/mol. The number of nitrogens with zero attached hydrogens (tertiary/aromatic N) is 1. The lowest BCUT2D eigenvalue weighted by Crippen LogP contribution is -2.18. The number of imidazole rings is 1. The molecule has 0 fully saturated rings. The first-order chi connectivity index (χ1) is 8.72. The molecule has 4 heteroatoms. The van der Waals surface area contributed by atoms with E-state index in [1.807, 2.05) is 6.07 Å². The van der Waals surface area contributed by atoms with Gasteiger partial charge in [0.2, 0.25) is 0 Å². The number of halogens is 1. The summed E-state index contributed by atoms with van der Waals surface area (Å²) in [6, 6.07) is 6.74. The summed E-state index contributed by atoms with van der Waals surface area (Å²) < 4.78 is 13.5. The zero-order valence-electron chi connectivity index (χ0n) is 9.99. The van der Waals surface area contributed by atoms with Crippen LogP contribution < -0.4 is 0 Å². The summed E-state index contributed by atoms with van der Waals surface area (Å²) in [5.41, 5.74) is 2.66. The summed E-state index contributed by atoms with van der Waals surface area (Å²) >= 11 is 0. The minimum Gasteiger partial charge on any atom is -0.393 e. The minimum absolute atomic E-state index is 0.202. The van der Waals surface area contributed by atoms with Crippen LogP contribution in [0.1, 0.15) is 29.2 Å². The van der Waals surface area contributed by atoms with Crippen molar-refractivity contribution in [3.63, 3.8) is 0 Å². The number of aliphatic hydroxyl groups excluding tert-OH is 1. The van der Waals surface area contributed by atoms with Crippen LogP contribution in [0, 0.1) is 5.82 Å². The number of nitrogens with one attached hydrogen (secondary N) is 1. The second-order valence-corrected chi connectivity index (χ2v) is 4.77. The normalized spacial score (nSPS) is 18.7. The van der Waals surface area contributed by atoms with Crippen molar-refractivity contribution in [3.8, 4) is 0 Å². The fourth-order valence-electron chi connectivity index (χ4n) is 2.43. The van der Waals surface area contributed by atoms with Gasteiger partial charge in [-0.15, -0.1) is 0 Å². The average Bonchev–Trinajstić information content (AvgIpc) is 2.73. The molecule has 94 valence electrons. The summed E-state index contributed by atoms with van der Waals surface area (Å²) in [5.74, 6) is 0.575. The minimum atomic E-state index is -0.278. The first kappa shape index (κ1) is 11.4. The maximum atomic E-state index is 13.5. The van der Waals surface area contributed by atoms with Gasteiger partial charge in [0.1, 0.15) is 11.6 Å². The molecule has 1 unspecified atom stereocenters. The highest BCUT2D eigenvalue weighted by molar-refractivity contribution is 5.25. The molecule has 0 saturated heterocycles. The summed E-state index contributed by atoms with van der Waals surface area (Å²) in [4.78, 5) is 7.69.